The molecule has 20 heavy (non-hydrogen) atoms. The van der Waals surface area contributed by atoms with Crippen molar-refractivity contribution in [1.29, 1.82) is 0 Å². The molecule has 7 heteroatoms. The number of hydrogen-bond acceptors (Lipinski definition) is 4. The Morgan fingerprint density at radius 2 is 2.05 bits per heavy atom. The molecule has 0 saturated heterocycles. The van der Waals surface area contributed by atoms with E-state index in [2.05, 4.69) is 14.9 Å². The first kappa shape index (κ1) is 14.4. The molecule has 0 bridgehead atoms. The minimum Gasteiger partial charge on any atom is -0.398 e. The molecule has 2 rings (SSSR count). The summed E-state index contributed by atoms with van der Waals surface area (Å²) in [6, 6.07) is 5.06. The largest absolute Gasteiger partial charge is 0.398 e. The van der Waals surface area contributed by atoms with Gasteiger partial charge in [0.05, 0.1) is 5.69 Å². The van der Waals surface area contributed by atoms with E-state index in [0.29, 0.717) is 5.56 Å². The lowest BCUT2D eigenvalue weighted by Gasteiger charge is -2.12. The molecule has 0 aliphatic heterocycles. The number of benzene rings is 1. The van der Waals surface area contributed by atoms with Crippen LogP contribution in [0.25, 0.3) is 0 Å². The average molecular weight is 294 g/mol. The fourth-order valence-corrected chi connectivity index (χ4v) is 3.38. The SMILES string of the molecule is CCc1cc(NS(=O)(=O)c2c(N)ccc(C)c2C)n[nH]1. The first-order valence-electron chi connectivity index (χ1n) is 6.28. The van der Waals surface area contributed by atoms with Crippen molar-refractivity contribution in [3.05, 3.63) is 35.0 Å². The molecule has 0 aliphatic carbocycles. The van der Waals surface area contributed by atoms with Gasteiger partial charge in [-0.2, -0.15) is 5.10 Å². The summed E-state index contributed by atoms with van der Waals surface area (Å²) in [6.45, 7) is 5.54. The second kappa shape index (κ2) is 5.16. The standard InChI is InChI=1S/C13H18N4O2S/c1-4-10-7-12(16-15-10)17-20(18,19)13-9(3)8(2)5-6-11(13)14/h5-7H,4,14H2,1-3H3,(H2,15,16,17). The van der Waals surface area contributed by atoms with Crippen molar-refractivity contribution >= 4 is 21.5 Å². The molecule has 4 N–H and O–H groups in total. The van der Waals surface area contributed by atoms with E-state index in [1.165, 1.54) is 0 Å². The Morgan fingerprint density at radius 3 is 2.65 bits per heavy atom. The third-order valence-electron chi connectivity index (χ3n) is 3.23. The van der Waals surface area contributed by atoms with Gasteiger partial charge in [0.1, 0.15) is 4.90 Å². The summed E-state index contributed by atoms with van der Waals surface area (Å²) in [5, 5.41) is 6.69. The van der Waals surface area contributed by atoms with Crippen LogP contribution in [0, 0.1) is 13.8 Å². The molecule has 108 valence electrons. The quantitative estimate of drug-likeness (QED) is 0.750. The van der Waals surface area contributed by atoms with Gasteiger partial charge in [0.15, 0.2) is 5.82 Å². The summed E-state index contributed by atoms with van der Waals surface area (Å²) in [4.78, 5) is 0.110. The number of anilines is 2. The molecule has 0 amide bonds. The van der Waals surface area contributed by atoms with Gasteiger partial charge in [0.25, 0.3) is 10.0 Å². The van der Waals surface area contributed by atoms with E-state index in [-0.39, 0.29) is 16.4 Å². The molecular formula is C13H18N4O2S. The molecule has 0 fully saturated rings. The first-order chi connectivity index (χ1) is 9.35. The highest BCUT2D eigenvalue weighted by Crippen LogP contribution is 2.26. The van der Waals surface area contributed by atoms with Gasteiger partial charge in [-0.05, 0) is 37.5 Å². The number of rotatable bonds is 4. The Kier molecular flexibility index (Phi) is 3.71. The Bertz CT molecular complexity index is 735. The van der Waals surface area contributed by atoms with E-state index < -0.39 is 10.0 Å². The predicted molar refractivity (Wildman–Crippen MR) is 79.1 cm³/mol. The van der Waals surface area contributed by atoms with Crippen molar-refractivity contribution in [3.63, 3.8) is 0 Å². The summed E-state index contributed by atoms with van der Waals surface area (Å²) < 4.78 is 27.3. The molecule has 6 nitrogen and oxygen atoms in total. The van der Waals surface area contributed by atoms with Gasteiger partial charge < -0.3 is 5.73 Å². The number of hydrogen-bond donors (Lipinski definition) is 3. The number of H-pyrrole nitrogens is 1. The third-order valence-corrected chi connectivity index (χ3v) is 4.78. The second-order valence-electron chi connectivity index (χ2n) is 4.66. The Labute approximate surface area is 118 Å². The van der Waals surface area contributed by atoms with E-state index in [1.807, 2.05) is 13.8 Å². The minimum atomic E-state index is -3.75. The maximum atomic E-state index is 12.4. The molecular weight excluding hydrogens is 276 g/mol. The van der Waals surface area contributed by atoms with E-state index in [0.717, 1.165) is 17.7 Å². The van der Waals surface area contributed by atoms with Gasteiger partial charge in [0, 0.05) is 11.8 Å². The fraction of sp³-hybridized carbons (Fsp3) is 0.308. The lowest BCUT2D eigenvalue weighted by molar-refractivity contribution is 0.600. The van der Waals surface area contributed by atoms with E-state index >= 15 is 0 Å². The number of nitrogens with zero attached hydrogens (tertiary/aromatic N) is 1. The number of nitrogen functional groups attached to an aromatic ring is 1. The number of aromatic nitrogens is 2. The van der Waals surface area contributed by atoms with E-state index in [1.54, 1.807) is 25.1 Å². The van der Waals surface area contributed by atoms with Gasteiger partial charge in [-0.1, -0.05) is 13.0 Å². The molecule has 1 heterocycles. The summed E-state index contributed by atoms with van der Waals surface area (Å²) in [6.07, 6.45) is 0.750. The first-order valence-corrected chi connectivity index (χ1v) is 7.76. The molecule has 1 aromatic heterocycles. The van der Waals surface area contributed by atoms with Crippen LogP contribution < -0.4 is 10.5 Å². The zero-order valence-electron chi connectivity index (χ0n) is 11.7. The summed E-state index contributed by atoms with van der Waals surface area (Å²) in [5.41, 5.74) is 8.41. The van der Waals surface area contributed by atoms with Crippen LogP contribution in [-0.4, -0.2) is 18.6 Å². The topological polar surface area (TPSA) is 101 Å². The van der Waals surface area contributed by atoms with Gasteiger partial charge in [-0.3, -0.25) is 9.82 Å². The van der Waals surface area contributed by atoms with Crippen molar-refractivity contribution in [2.24, 2.45) is 0 Å². The number of sulfonamides is 1. The van der Waals surface area contributed by atoms with Crippen LogP contribution in [0.4, 0.5) is 11.5 Å². The van der Waals surface area contributed by atoms with Crippen molar-refractivity contribution < 1.29 is 8.42 Å². The molecule has 2 aromatic rings. The maximum absolute atomic E-state index is 12.4. The molecule has 0 unspecified atom stereocenters. The average Bonchev–Trinajstić information content (AvgIpc) is 2.81. The van der Waals surface area contributed by atoms with Crippen molar-refractivity contribution in [3.8, 4) is 0 Å². The number of aromatic amines is 1. The Balaban J connectivity index is 2.43. The molecule has 0 spiro atoms. The predicted octanol–water partition coefficient (Wildman–Crippen LogP) is 1.97. The minimum absolute atomic E-state index is 0.110. The molecule has 0 atom stereocenters. The summed E-state index contributed by atoms with van der Waals surface area (Å²) in [5.74, 6) is 0.266. The van der Waals surface area contributed by atoms with Crippen molar-refractivity contribution in [2.75, 3.05) is 10.5 Å². The van der Waals surface area contributed by atoms with Crippen molar-refractivity contribution in [1.82, 2.24) is 10.2 Å². The van der Waals surface area contributed by atoms with Crippen LogP contribution in [0.2, 0.25) is 0 Å². The normalized spacial score (nSPS) is 11.6. The van der Waals surface area contributed by atoms with Gasteiger partial charge >= 0.3 is 0 Å². The highest BCUT2D eigenvalue weighted by molar-refractivity contribution is 7.93. The van der Waals surface area contributed by atoms with E-state index in [4.69, 9.17) is 5.73 Å². The molecule has 1 aromatic carbocycles. The van der Waals surface area contributed by atoms with Crippen LogP contribution in [-0.2, 0) is 16.4 Å². The number of nitrogens with one attached hydrogen (secondary N) is 2. The zero-order chi connectivity index (χ0) is 14.9. The number of nitrogens with two attached hydrogens (primary N) is 1. The van der Waals surface area contributed by atoms with Gasteiger partial charge in [-0.25, -0.2) is 8.42 Å². The maximum Gasteiger partial charge on any atom is 0.265 e. The van der Waals surface area contributed by atoms with Crippen molar-refractivity contribution in [2.45, 2.75) is 32.1 Å². The lowest BCUT2D eigenvalue weighted by Crippen LogP contribution is -2.17. The smallest absolute Gasteiger partial charge is 0.265 e. The lowest BCUT2D eigenvalue weighted by atomic mass is 10.1. The highest BCUT2D eigenvalue weighted by atomic mass is 32.2. The zero-order valence-corrected chi connectivity index (χ0v) is 12.5. The van der Waals surface area contributed by atoms with Gasteiger partial charge in [-0.15, -0.1) is 0 Å². The second-order valence-corrected chi connectivity index (χ2v) is 6.28. The Morgan fingerprint density at radius 1 is 1.35 bits per heavy atom. The van der Waals surface area contributed by atoms with Crippen LogP contribution >= 0.6 is 0 Å². The number of aryl methyl sites for hydroxylation is 2. The third kappa shape index (κ3) is 2.62. The summed E-state index contributed by atoms with van der Waals surface area (Å²) >= 11 is 0. The van der Waals surface area contributed by atoms with Crippen LogP contribution in [0.15, 0.2) is 23.1 Å². The van der Waals surface area contributed by atoms with E-state index in [9.17, 15) is 8.42 Å². The molecule has 0 saturated carbocycles. The molecule has 0 aliphatic rings. The van der Waals surface area contributed by atoms with Crippen LogP contribution in [0.1, 0.15) is 23.7 Å². The highest BCUT2D eigenvalue weighted by Gasteiger charge is 2.22. The van der Waals surface area contributed by atoms with Crippen LogP contribution in [0.3, 0.4) is 0 Å². The Hall–Kier alpha value is -2.02. The fourth-order valence-electron chi connectivity index (χ4n) is 1.95. The van der Waals surface area contributed by atoms with Gasteiger partial charge in [0.2, 0.25) is 0 Å². The van der Waals surface area contributed by atoms with Crippen LogP contribution in [0.5, 0.6) is 0 Å². The summed E-state index contributed by atoms with van der Waals surface area (Å²) in [7, 11) is -3.75. The monoisotopic (exact) mass is 294 g/mol. The molecule has 0 radical (unpaired) electrons.